The van der Waals surface area contributed by atoms with Gasteiger partial charge in [-0.3, -0.25) is 10.1 Å². The van der Waals surface area contributed by atoms with Gasteiger partial charge in [0.1, 0.15) is 0 Å². The molecule has 8 heteroatoms. The van der Waals surface area contributed by atoms with Gasteiger partial charge >= 0.3 is 0 Å². The number of nitrogens with one attached hydrogen (secondary N) is 1. The number of methoxy groups -OCH3 is 1. The largest absolute Gasteiger partial charge is 0.493 e. The minimum absolute atomic E-state index is 0.200. The summed E-state index contributed by atoms with van der Waals surface area (Å²) in [5.74, 6) is 0.449. The van der Waals surface area contributed by atoms with Crippen LogP contribution in [0.15, 0.2) is 52.3 Å². The number of halogens is 1. The molecular weight excluding hydrogens is 430 g/mol. The second kappa shape index (κ2) is 8.66. The van der Waals surface area contributed by atoms with Gasteiger partial charge in [-0.15, -0.1) is 11.3 Å². The normalized spacial score (nSPS) is 10.1. The van der Waals surface area contributed by atoms with Crippen LogP contribution >= 0.6 is 27.3 Å². The number of nitriles is 1. The summed E-state index contributed by atoms with van der Waals surface area (Å²) in [6.07, 6.45) is 0. The second-order valence-electron chi connectivity index (χ2n) is 5.36. The third-order valence-electron chi connectivity index (χ3n) is 3.52. The number of carbonyl (C=O) groups excluding carboxylic acids is 1. The van der Waals surface area contributed by atoms with Crippen molar-refractivity contribution in [3.8, 4) is 28.8 Å². The Hall–Kier alpha value is -2.89. The lowest BCUT2D eigenvalue weighted by atomic mass is 10.2. The van der Waals surface area contributed by atoms with Crippen LogP contribution in [-0.2, 0) is 4.79 Å². The number of thiazole rings is 1. The van der Waals surface area contributed by atoms with Crippen molar-refractivity contribution < 1.29 is 14.3 Å². The molecule has 0 saturated carbocycles. The molecule has 3 rings (SSSR count). The van der Waals surface area contributed by atoms with Crippen molar-refractivity contribution in [2.24, 2.45) is 0 Å². The van der Waals surface area contributed by atoms with Crippen molar-refractivity contribution in [3.63, 3.8) is 0 Å². The predicted molar refractivity (Wildman–Crippen MR) is 107 cm³/mol. The lowest BCUT2D eigenvalue weighted by molar-refractivity contribution is -0.118. The molecular formula is C19H14BrN3O3S. The Morgan fingerprint density at radius 1 is 1.30 bits per heavy atom. The molecule has 0 radical (unpaired) electrons. The van der Waals surface area contributed by atoms with Crippen molar-refractivity contribution in [2.45, 2.75) is 0 Å². The summed E-state index contributed by atoms with van der Waals surface area (Å²) in [5.41, 5.74) is 2.19. The highest BCUT2D eigenvalue weighted by molar-refractivity contribution is 9.10. The van der Waals surface area contributed by atoms with E-state index in [9.17, 15) is 4.79 Å². The second-order valence-corrected chi connectivity index (χ2v) is 7.14. The Morgan fingerprint density at radius 3 is 2.89 bits per heavy atom. The molecule has 2 aromatic carbocycles. The number of aromatic nitrogens is 1. The molecule has 136 valence electrons. The van der Waals surface area contributed by atoms with Crippen LogP contribution < -0.4 is 14.8 Å². The molecule has 0 aliphatic carbocycles. The monoisotopic (exact) mass is 443 g/mol. The van der Waals surface area contributed by atoms with Crippen LogP contribution in [0.5, 0.6) is 11.5 Å². The highest BCUT2D eigenvalue weighted by Gasteiger charge is 2.11. The van der Waals surface area contributed by atoms with Gasteiger partial charge in [-0.1, -0.05) is 28.1 Å². The molecule has 6 nitrogen and oxygen atoms in total. The third kappa shape index (κ3) is 4.84. The lowest BCUT2D eigenvalue weighted by Crippen LogP contribution is -2.20. The van der Waals surface area contributed by atoms with E-state index in [1.54, 1.807) is 18.2 Å². The lowest BCUT2D eigenvalue weighted by Gasteiger charge is -2.10. The first-order chi connectivity index (χ1) is 13.1. The van der Waals surface area contributed by atoms with E-state index >= 15 is 0 Å². The maximum absolute atomic E-state index is 12.1. The fraction of sp³-hybridized carbons (Fsp3) is 0.105. The molecule has 0 bridgehead atoms. The molecule has 0 aliphatic rings. The van der Waals surface area contributed by atoms with Crippen LogP contribution in [0, 0.1) is 11.3 Å². The number of nitrogens with zero attached hydrogens (tertiary/aromatic N) is 2. The van der Waals surface area contributed by atoms with Gasteiger partial charge in [0.25, 0.3) is 5.91 Å². The highest BCUT2D eigenvalue weighted by atomic mass is 79.9. The topological polar surface area (TPSA) is 84.2 Å². The molecule has 1 heterocycles. The molecule has 0 unspecified atom stereocenters. The summed E-state index contributed by atoms with van der Waals surface area (Å²) in [6.45, 7) is -0.200. The summed E-state index contributed by atoms with van der Waals surface area (Å²) in [4.78, 5) is 16.6. The molecule has 1 aromatic heterocycles. The molecule has 0 saturated heterocycles. The van der Waals surface area contributed by atoms with E-state index in [0.29, 0.717) is 22.2 Å². The molecule has 1 amide bonds. The molecule has 1 N–H and O–H groups in total. The van der Waals surface area contributed by atoms with E-state index in [-0.39, 0.29) is 12.5 Å². The Bertz CT molecular complexity index is 1010. The predicted octanol–water partition coefficient (Wildman–Crippen LogP) is 4.47. The van der Waals surface area contributed by atoms with Crippen LogP contribution in [0.4, 0.5) is 5.13 Å². The molecule has 0 aliphatic heterocycles. The van der Waals surface area contributed by atoms with E-state index in [2.05, 4.69) is 26.2 Å². The summed E-state index contributed by atoms with van der Waals surface area (Å²) in [7, 11) is 1.47. The molecule has 0 spiro atoms. The van der Waals surface area contributed by atoms with E-state index in [1.807, 2.05) is 35.7 Å². The number of anilines is 1. The van der Waals surface area contributed by atoms with Gasteiger partial charge in [0.15, 0.2) is 23.2 Å². The van der Waals surface area contributed by atoms with Gasteiger partial charge < -0.3 is 9.47 Å². The quantitative estimate of drug-likeness (QED) is 0.607. The van der Waals surface area contributed by atoms with Crippen LogP contribution in [0.25, 0.3) is 11.3 Å². The molecule has 0 fully saturated rings. The molecule has 0 atom stereocenters. The molecule has 27 heavy (non-hydrogen) atoms. The van der Waals surface area contributed by atoms with Gasteiger partial charge in [-0.2, -0.15) is 5.26 Å². The zero-order chi connectivity index (χ0) is 19.2. The zero-order valence-corrected chi connectivity index (χ0v) is 16.6. The summed E-state index contributed by atoms with van der Waals surface area (Å²) in [5, 5.41) is 14.0. The fourth-order valence-electron chi connectivity index (χ4n) is 2.27. The summed E-state index contributed by atoms with van der Waals surface area (Å²) < 4.78 is 11.6. The molecule has 3 aromatic rings. The average Bonchev–Trinajstić information content (AvgIpc) is 3.14. The SMILES string of the molecule is COc1cc(C#N)ccc1OCC(=O)Nc1nc(-c2cccc(Br)c2)cs1. The van der Waals surface area contributed by atoms with Crippen molar-refractivity contribution >= 4 is 38.3 Å². The average molecular weight is 444 g/mol. The number of rotatable bonds is 6. The number of benzene rings is 2. The van der Waals surface area contributed by atoms with Gasteiger partial charge in [0.2, 0.25) is 0 Å². The number of hydrogen-bond donors (Lipinski definition) is 1. The Kier molecular flexibility index (Phi) is 6.06. The Morgan fingerprint density at radius 2 is 2.15 bits per heavy atom. The van der Waals surface area contributed by atoms with Crippen LogP contribution in [0.3, 0.4) is 0 Å². The van der Waals surface area contributed by atoms with Gasteiger partial charge in [0, 0.05) is 21.5 Å². The number of carbonyl (C=O) groups is 1. The maximum atomic E-state index is 12.1. The van der Waals surface area contributed by atoms with Crippen molar-refractivity contribution in [2.75, 3.05) is 19.0 Å². The maximum Gasteiger partial charge on any atom is 0.264 e. The standard InChI is InChI=1S/C19H14BrN3O3S/c1-25-17-7-12(9-21)5-6-16(17)26-10-18(24)23-19-22-15(11-27-19)13-3-2-4-14(20)8-13/h2-8,11H,10H2,1H3,(H,22,23,24). The van der Waals surface area contributed by atoms with E-state index < -0.39 is 0 Å². The van der Waals surface area contributed by atoms with Crippen molar-refractivity contribution in [1.82, 2.24) is 4.98 Å². The Labute approximate surface area is 168 Å². The van der Waals surface area contributed by atoms with E-state index in [4.69, 9.17) is 14.7 Å². The van der Waals surface area contributed by atoms with E-state index in [1.165, 1.54) is 18.4 Å². The van der Waals surface area contributed by atoms with Crippen LogP contribution in [0.2, 0.25) is 0 Å². The highest BCUT2D eigenvalue weighted by Crippen LogP contribution is 2.28. The fourth-order valence-corrected chi connectivity index (χ4v) is 3.40. The van der Waals surface area contributed by atoms with E-state index in [0.717, 1.165) is 15.7 Å². The van der Waals surface area contributed by atoms with Crippen molar-refractivity contribution in [1.29, 1.82) is 5.26 Å². The minimum Gasteiger partial charge on any atom is -0.493 e. The van der Waals surface area contributed by atoms with Gasteiger partial charge in [-0.05, 0) is 24.3 Å². The van der Waals surface area contributed by atoms with Crippen LogP contribution in [-0.4, -0.2) is 24.6 Å². The summed E-state index contributed by atoms with van der Waals surface area (Å²) >= 11 is 4.77. The first-order valence-corrected chi connectivity index (χ1v) is 9.48. The Balaban J connectivity index is 1.61. The third-order valence-corrected chi connectivity index (χ3v) is 4.77. The summed E-state index contributed by atoms with van der Waals surface area (Å²) in [6, 6.07) is 14.5. The first kappa shape index (κ1) is 18.9. The minimum atomic E-state index is -0.337. The number of amides is 1. The van der Waals surface area contributed by atoms with Gasteiger partial charge in [-0.25, -0.2) is 4.98 Å². The van der Waals surface area contributed by atoms with Crippen LogP contribution in [0.1, 0.15) is 5.56 Å². The first-order valence-electron chi connectivity index (χ1n) is 7.81. The number of hydrogen-bond acceptors (Lipinski definition) is 6. The zero-order valence-electron chi connectivity index (χ0n) is 14.2. The van der Waals surface area contributed by atoms with Crippen molar-refractivity contribution in [3.05, 3.63) is 57.9 Å². The smallest absolute Gasteiger partial charge is 0.264 e. The number of ether oxygens (including phenoxy) is 2. The van der Waals surface area contributed by atoms with Gasteiger partial charge in [0.05, 0.1) is 24.4 Å².